The van der Waals surface area contributed by atoms with Crippen LogP contribution in [0.1, 0.15) is 22.7 Å². The number of alkyl halides is 3. The van der Waals surface area contributed by atoms with Gasteiger partial charge in [-0.3, -0.25) is 0 Å². The van der Waals surface area contributed by atoms with E-state index in [0.717, 1.165) is 12.1 Å². The van der Waals surface area contributed by atoms with Gasteiger partial charge in [0.05, 0.1) is 16.1 Å². The lowest BCUT2D eigenvalue weighted by Gasteiger charge is -2.15. The molecule has 6 heteroatoms. The van der Waals surface area contributed by atoms with Crippen LogP contribution in [0, 0.1) is 5.82 Å². The highest BCUT2D eigenvalue weighted by molar-refractivity contribution is 9.10. The molecular formula is C14H10BrF4N. The number of hydrogen-bond acceptors (Lipinski definition) is 1. The van der Waals surface area contributed by atoms with E-state index >= 15 is 0 Å². The molecule has 0 saturated carbocycles. The van der Waals surface area contributed by atoms with Gasteiger partial charge in [-0.05, 0) is 45.3 Å². The first-order valence-electron chi connectivity index (χ1n) is 5.67. The molecule has 1 nitrogen and oxygen atoms in total. The van der Waals surface area contributed by atoms with Crippen LogP contribution in [0.2, 0.25) is 0 Å². The molecule has 0 bridgehead atoms. The Morgan fingerprint density at radius 1 is 1.00 bits per heavy atom. The third kappa shape index (κ3) is 3.02. The van der Waals surface area contributed by atoms with Gasteiger partial charge in [0.25, 0.3) is 0 Å². The number of rotatable bonds is 2. The molecule has 0 aliphatic rings. The van der Waals surface area contributed by atoms with Gasteiger partial charge >= 0.3 is 6.18 Å². The van der Waals surface area contributed by atoms with E-state index in [9.17, 15) is 17.6 Å². The van der Waals surface area contributed by atoms with E-state index in [-0.39, 0.29) is 4.47 Å². The largest absolute Gasteiger partial charge is 0.416 e. The summed E-state index contributed by atoms with van der Waals surface area (Å²) in [4.78, 5) is 0. The lowest BCUT2D eigenvalue weighted by Crippen LogP contribution is -2.13. The van der Waals surface area contributed by atoms with Crippen molar-refractivity contribution in [2.75, 3.05) is 0 Å². The van der Waals surface area contributed by atoms with Crippen LogP contribution in [-0.4, -0.2) is 0 Å². The third-order valence-electron chi connectivity index (χ3n) is 2.91. The van der Waals surface area contributed by atoms with Gasteiger partial charge in [0.2, 0.25) is 0 Å². The summed E-state index contributed by atoms with van der Waals surface area (Å²) in [5.74, 6) is -0.468. The fraction of sp³-hybridized carbons (Fsp3) is 0.143. The fourth-order valence-corrected chi connectivity index (χ4v) is 2.33. The van der Waals surface area contributed by atoms with Crippen LogP contribution in [-0.2, 0) is 6.18 Å². The van der Waals surface area contributed by atoms with E-state index in [0.29, 0.717) is 11.1 Å². The Labute approximate surface area is 121 Å². The van der Waals surface area contributed by atoms with Crippen molar-refractivity contribution in [2.24, 2.45) is 5.73 Å². The van der Waals surface area contributed by atoms with Gasteiger partial charge in [-0.2, -0.15) is 13.2 Å². The molecule has 2 rings (SSSR count). The SMILES string of the molecule is NC(c1ccc(C(F)(F)F)cc1)c1cccc(F)c1Br. The second kappa shape index (κ2) is 5.54. The van der Waals surface area contributed by atoms with Crippen molar-refractivity contribution < 1.29 is 17.6 Å². The van der Waals surface area contributed by atoms with Crippen molar-refractivity contribution in [2.45, 2.75) is 12.2 Å². The van der Waals surface area contributed by atoms with Gasteiger partial charge in [-0.15, -0.1) is 0 Å². The van der Waals surface area contributed by atoms with Crippen molar-refractivity contribution in [3.05, 3.63) is 69.4 Å². The summed E-state index contributed by atoms with van der Waals surface area (Å²) in [6.45, 7) is 0. The van der Waals surface area contributed by atoms with Crippen molar-refractivity contribution in [1.82, 2.24) is 0 Å². The Hall–Kier alpha value is -1.40. The molecule has 2 aromatic rings. The van der Waals surface area contributed by atoms with E-state index in [1.54, 1.807) is 6.07 Å². The fourth-order valence-electron chi connectivity index (χ4n) is 1.82. The highest BCUT2D eigenvalue weighted by Gasteiger charge is 2.30. The Kier molecular flexibility index (Phi) is 4.15. The van der Waals surface area contributed by atoms with Crippen molar-refractivity contribution >= 4 is 15.9 Å². The maximum atomic E-state index is 13.4. The molecule has 0 spiro atoms. The van der Waals surface area contributed by atoms with E-state index in [1.807, 2.05) is 0 Å². The van der Waals surface area contributed by atoms with Gasteiger partial charge in [0.15, 0.2) is 0 Å². The first-order valence-corrected chi connectivity index (χ1v) is 6.46. The number of benzene rings is 2. The lowest BCUT2D eigenvalue weighted by atomic mass is 9.98. The van der Waals surface area contributed by atoms with Gasteiger partial charge < -0.3 is 5.73 Å². The van der Waals surface area contributed by atoms with E-state index < -0.39 is 23.6 Å². The Morgan fingerprint density at radius 2 is 1.60 bits per heavy atom. The van der Waals surface area contributed by atoms with Crippen LogP contribution < -0.4 is 5.73 Å². The zero-order chi connectivity index (χ0) is 14.9. The molecule has 0 fully saturated rings. The second-order valence-corrected chi connectivity index (χ2v) is 5.03. The molecule has 0 saturated heterocycles. The number of nitrogens with two attached hydrogens (primary N) is 1. The average molecular weight is 348 g/mol. The average Bonchev–Trinajstić information content (AvgIpc) is 2.40. The van der Waals surface area contributed by atoms with E-state index in [4.69, 9.17) is 5.73 Å². The Bertz CT molecular complexity index is 608. The summed E-state index contributed by atoms with van der Waals surface area (Å²) < 4.78 is 51.1. The van der Waals surface area contributed by atoms with Crippen molar-refractivity contribution in [3.8, 4) is 0 Å². The normalized spacial score (nSPS) is 13.3. The molecular weight excluding hydrogens is 338 g/mol. The topological polar surface area (TPSA) is 26.0 Å². The summed E-state index contributed by atoms with van der Waals surface area (Å²) in [6, 6.07) is 8.20. The molecule has 2 N–H and O–H groups in total. The molecule has 1 unspecified atom stereocenters. The highest BCUT2D eigenvalue weighted by Crippen LogP contribution is 2.32. The molecule has 20 heavy (non-hydrogen) atoms. The van der Waals surface area contributed by atoms with Gasteiger partial charge in [0.1, 0.15) is 5.82 Å². The third-order valence-corrected chi connectivity index (χ3v) is 3.75. The molecule has 0 heterocycles. The standard InChI is InChI=1S/C14H10BrF4N/c15-12-10(2-1-3-11(12)16)13(20)8-4-6-9(7-5-8)14(17,18)19/h1-7,13H,20H2. The van der Waals surface area contributed by atoms with Gasteiger partial charge in [-0.1, -0.05) is 24.3 Å². The Balaban J connectivity index is 2.34. The van der Waals surface area contributed by atoms with Crippen LogP contribution >= 0.6 is 15.9 Å². The minimum atomic E-state index is -4.39. The van der Waals surface area contributed by atoms with Crippen molar-refractivity contribution in [1.29, 1.82) is 0 Å². The first kappa shape index (κ1) is 15.0. The van der Waals surface area contributed by atoms with Crippen LogP contribution in [0.4, 0.5) is 17.6 Å². The lowest BCUT2D eigenvalue weighted by molar-refractivity contribution is -0.137. The Morgan fingerprint density at radius 3 is 2.15 bits per heavy atom. The predicted octanol–water partition coefficient (Wildman–Crippen LogP) is 4.66. The minimum absolute atomic E-state index is 0.215. The van der Waals surface area contributed by atoms with E-state index in [2.05, 4.69) is 15.9 Å². The number of hydrogen-bond donors (Lipinski definition) is 1. The second-order valence-electron chi connectivity index (χ2n) is 4.24. The summed E-state index contributed by atoms with van der Waals surface area (Å²) >= 11 is 3.09. The molecule has 0 aromatic heterocycles. The molecule has 1 atom stereocenters. The zero-order valence-electron chi connectivity index (χ0n) is 10.1. The summed E-state index contributed by atoms with van der Waals surface area (Å²) in [7, 11) is 0. The smallest absolute Gasteiger partial charge is 0.320 e. The highest BCUT2D eigenvalue weighted by atomic mass is 79.9. The van der Waals surface area contributed by atoms with Gasteiger partial charge in [0, 0.05) is 0 Å². The monoisotopic (exact) mass is 347 g/mol. The summed E-state index contributed by atoms with van der Waals surface area (Å²) in [5.41, 5.74) is 6.18. The molecule has 2 aromatic carbocycles. The van der Waals surface area contributed by atoms with Crippen LogP contribution in [0.25, 0.3) is 0 Å². The summed E-state index contributed by atoms with van der Waals surface area (Å²) in [6.07, 6.45) is -4.39. The molecule has 0 aliphatic carbocycles. The van der Waals surface area contributed by atoms with Crippen molar-refractivity contribution in [3.63, 3.8) is 0 Å². The zero-order valence-corrected chi connectivity index (χ0v) is 11.7. The molecule has 106 valence electrons. The van der Waals surface area contributed by atoms with Gasteiger partial charge in [-0.25, -0.2) is 4.39 Å². The summed E-state index contributed by atoms with van der Waals surface area (Å²) in [5, 5.41) is 0. The maximum absolute atomic E-state index is 13.4. The minimum Gasteiger partial charge on any atom is -0.320 e. The number of halogens is 5. The van der Waals surface area contributed by atoms with E-state index in [1.165, 1.54) is 24.3 Å². The molecule has 0 radical (unpaired) electrons. The van der Waals surface area contributed by atoms with Crippen LogP contribution in [0.15, 0.2) is 46.9 Å². The quantitative estimate of drug-likeness (QED) is 0.786. The first-order chi connectivity index (χ1) is 9.30. The van der Waals surface area contributed by atoms with Crippen LogP contribution in [0.3, 0.4) is 0 Å². The maximum Gasteiger partial charge on any atom is 0.416 e. The van der Waals surface area contributed by atoms with Crippen LogP contribution in [0.5, 0.6) is 0 Å². The molecule has 0 amide bonds. The molecule has 0 aliphatic heterocycles. The predicted molar refractivity (Wildman–Crippen MR) is 71.6 cm³/mol.